The number of carbonyl (C=O) groups is 2. The van der Waals surface area contributed by atoms with Crippen LogP contribution in [0.5, 0.6) is 0 Å². The average molecular weight is 490 g/mol. The predicted molar refractivity (Wildman–Crippen MR) is 130 cm³/mol. The van der Waals surface area contributed by atoms with Gasteiger partial charge in [0.1, 0.15) is 5.25 Å². The number of aryl methyl sites for hydroxylation is 1. The molecule has 1 N–H and O–H groups in total. The summed E-state index contributed by atoms with van der Waals surface area (Å²) in [5.41, 5.74) is 2.81. The number of nitrogens with one attached hydrogen (secondary N) is 1. The summed E-state index contributed by atoms with van der Waals surface area (Å²) in [4.78, 5) is 24.7. The van der Waals surface area contributed by atoms with Crippen LogP contribution in [0.2, 0.25) is 5.02 Å². The second-order valence-corrected chi connectivity index (χ2v) is 9.95. The van der Waals surface area contributed by atoms with Gasteiger partial charge in [0.25, 0.3) is 5.91 Å². The van der Waals surface area contributed by atoms with Gasteiger partial charge in [-0.15, -0.1) is 10.2 Å². The Kier molecular flexibility index (Phi) is 9.08. The molecule has 3 rings (SSSR count). The Hall–Kier alpha value is -2.42. The van der Waals surface area contributed by atoms with Gasteiger partial charge in [-0.25, -0.2) is 0 Å². The van der Waals surface area contributed by atoms with E-state index in [2.05, 4.69) is 46.7 Å². The number of ether oxygens (including phenoxy) is 1. The molecule has 0 radical (unpaired) electrons. The van der Waals surface area contributed by atoms with Gasteiger partial charge in [-0.3, -0.25) is 14.9 Å². The Labute approximate surface area is 200 Å². The molecule has 168 valence electrons. The summed E-state index contributed by atoms with van der Waals surface area (Å²) in [6, 6.07) is 14.9. The number of anilines is 1. The molecule has 0 aliphatic carbocycles. The van der Waals surface area contributed by atoms with Crippen LogP contribution in [0.3, 0.4) is 0 Å². The van der Waals surface area contributed by atoms with Crippen molar-refractivity contribution in [1.29, 1.82) is 0 Å². The molecule has 2 aromatic carbocycles. The Morgan fingerprint density at radius 2 is 1.78 bits per heavy atom. The lowest BCUT2D eigenvalue weighted by Gasteiger charge is -2.13. The van der Waals surface area contributed by atoms with Crippen molar-refractivity contribution in [2.24, 2.45) is 0 Å². The highest BCUT2D eigenvalue weighted by Crippen LogP contribution is 2.31. The van der Waals surface area contributed by atoms with Crippen LogP contribution in [-0.4, -0.2) is 34.4 Å². The van der Waals surface area contributed by atoms with E-state index in [1.165, 1.54) is 35.8 Å². The van der Waals surface area contributed by atoms with Gasteiger partial charge in [0.15, 0.2) is 4.34 Å². The summed E-state index contributed by atoms with van der Waals surface area (Å²) in [6.45, 7) is 2.18. The topological polar surface area (TPSA) is 81.2 Å². The fourth-order valence-electron chi connectivity index (χ4n) is 2.94. The number of nitrogens with zero attached hydrogens (tertiary/aromatic N) is 2. The van der Waals surface area contributed by atoms with Gasteiger partial charge in [0.2, 0.25) is 5.13 Å². The van der Waals surface area contributed by atoms with E-state index in [0.29, 0.717) is 26.5 Å². The molecular formula is C23H24ClN3O3S2. The molecule has 0 aliphatic heterocycles. The van der Waals surface area contributed by atoms with Crippen LogP contribution in [0.15, 0.2) is 52.9 Å². The van der Waals surface area contributed by atoms with Crippen molar-refractivity contribution in [2.75, 3.05) is 12.4 Å². The molecule has 0 aliphatic rings. The summed E-state index contributed by atoms with van der Waals surface area (Å²) in [5, 5.41) is 11.3. The van der Waals surface area contributed by atoms with Gasteiger partial charge in [-0.05, 0) is 54.7 Å². The molecule has 1 amide bonds. The number of aromatic nitrogens is 2. The number of carbonyl (C=O) groups excluding carboxylic acids is 2. The van der Waals surface area contributed by atoms with E-state index in [0.717, 1.165) is 24.8 Å². The number of halogens is 1. The van der Waals surface area contributed by atoms with Crippen molar-refractivity contribution in [1.82, 2.24) is 10.2 Å². The lowest BCUT2D eigenvalue weighted by atomic mass is 10.0. The SMILES string of the molecule is CCCCc1ccc(C[C@H](Sc2nnc(NC(=O)c3ccc(Cl)cc3)s2)C(=O)OC)cc1. The van der Waals surface area contributed by atoms with E-state index in [9.17, 15) is 9.59 Å². The number of amides is 1. The van der Waals surface area contributed by atoms with Crippen LogP contribution in [0.25, 0.3) is 0 Å². The first-order chi connectivity index (χ1) is 15.5. The van der Waals surface area contributed by atoms with E-state index in [1.807, 2.05) is 0 Å². The van der Waals surface area contributed by atoms with Crippen LogP contribution < -0.4 is 5.32 Å². The quantitative estimate of drug-likeness (QED) is 0.225. The Balaban J connectivity index is 1.63. The molecule has 0 unspecified atom stereocenters. The number of hydrogen-bond donors (Lipinski definition) is 1. The summed E-state index contributed by atoms with van der Waals surface area (Å²) in [5.74, 6) is -0.631. The molecule has 0 spiro atoms. The van der Waals surface area contributed by atoms with E-state index in [4.69, 9.17) is 16.3 Å². The lowest BCUT2D eigenvalue weighted by Crippen LogP contribution is -2.21. The minimum Gasteiger partial charge on any atom is -0.468 e. The fourth-order valence-corrected chi connectivity index (χ4v) is 5.12. The number of thioether (sulfide) groups is 1. The molecule has 32 heavy (non-hydrogen) atoms. The normalized spacial score (nSPS) is 11.7. The van der Waals surface area contributed by atoms with E-state index < -0.39 is 5.25 Å². The van der Waals surface area contributed by atoms with Gasteiger partial charge >= 0.3 is 5.97 Å². The van der Waals surface area contributed by atoms with Crippen LogP contribution >= 0.6 is 34.7 Å². The van der Waals surface area contributed by atoms with Gasteiger partial charge in [-0.2, -0.15) is 0 Å². The second kappa shape index (κ2) is 12.0. The Bertz CT molecular complexity index is 1040. The molecule has 3 aromatic rings. The number of rotatable bonds is 10. The molecule has 0 bridgehead atoms. The van der Waals surface area contributed by atoms with Gasteiger partial charge in [0, 0.05) is 10.6 Å². The van der Waals surface area contributed by atoms with Crippen LogP contribution in [0.4, 0.5) is 5.13 Å². The van der Waals surface area contributed by atoms with E-state index in [1.54, 1.807) is 24.3 Å². The Morgan fingerprint density at radius 3 is 2.44 bits per heavy atom. The maximum absolute atomic E-state index is 12.4. The highest BCUT2D eigenvalue weighted by molar-refractivity contribution is 8.02. The largest absolute Gasteiger partial charge is 0.468 e. The molecular weight excluding hydrogens is 466 g/mol. The molecule has 0 fully saturated rings. The zero-order valence-electron chi connectivity index (χ0n) is 17.8. The third-order valence-electron chi connectivity index (χ3n) is 4.70. The van der Waals surface area contributed by atoms with Crippen molar-refractivity contribution in [3.63, 3.8) is 0 Å². The maximum atomic E-state index is 12.4. The molecule has 6 nitrogen and oxygen atoms in total. The minimum absolute atomic E-state index is 0.304. The van der Waals surface area contributed by atoms with E-state index >= 15 is 0 Å². The Morgan fingerprint density at radius 1 is 1.09 bits per heavy atom. The monoisotopic (exact) mass is 489 g/mol. The zero-order valence-corrected chi connectivity index (χ0v) is 20.2. The fraction of sp³-hybridized carbons (Fsp3) is 0.304. The van der Waals surface area contributed by atoms with Crippen LogP contribution in [0.1, 0.15) is 41.3 Å². The zero-order chi connectivity index (χ0) is 22.9. The molecule has 0 saturated heterocycles. The third kappa shape index (κ3) is 7.05. The predicted octanol–water partition coefficient (Wildman–Crippen LogP) is 5.66. The molecule has 9 heteroatoms. The van der Waals surface area contributed by atoms with Gasteiger partial charge in [0.05, 0.1) is 7.11 Å². The minimum atomic E-state index is -0.464. The lowest BCUT2D eigenvalue weighted by molar-refractivity contribution is -0.139. The average Bonchev–Trinajstić information content (AvgIpc) is 3.24. The van der Waals surface area contributed by atoms with Crippen molar-refractivity contribution in [3.05, 3.63) is 70.2 Å². The summed E-state index contributed by atoms with van der Waals surface area (Å²) in [6.07, 6.45) is 3.89. The number of methoxy groups -OCH3 is 1. The number of benzene rings is 2. The first kappa shape index (κ1) is 24.2. The third-order valence-corrected chi connectivity index (χ3v) is 7.05. The first-order valence-electron chi connectivity index (χ1n) is 10.2. The molecule has 1 aromatic heterocycles. The van der Waals surface area contributed by atoms with Crippen molar-refractivity contribution in [3.8, 4) is 0 Å². The van der Waals surface area contributed by atoms with Gasteiger partial charge < -0.3 is 4.74 Å². The highest BCUT2D eigenvalue weighted by Gasteiger charge is 2.23. The van der Waals surface area contributed by atoms with Crippen LogP contribution in [0, 0.1) is 0 Å². The van der Waals surface area contributed by atoms with Crippen molar-refractivity contribution in [2.45, 2.75) is 42.2 Å². The standard InChI is InChI=1S/C23H24ClN3O3S2/c1-3-4-5-15-6-8-16(9-7-15)14-19(21(29)30-2)31-23-27-26-22(32-23)25-20(28)17-10-12-18(24)13-11-17/h6-13,19H,3-5,14H2,1-2H3,(H,25,26,28)/t19-/m0/s1. The van der Waals surface area contributed by atoms with Gasteiger partial charge in [-0.1, -0.05) is 72.3 Å². The molecule has 1 atom stereocenters. The van der Waals surface area contributed by atoms with Crippen LogP contribution in [-0.2, 0) is 22.4 Å². The van der Waals surface area contributed by atoms with E-state index in [-0.39, 0.29) is 11.9 Å². The highest BCUT2D eigenvalue weighted by atomic mass is 35.5. The number of unbranched alkanes of at least 4 members (excludes halogenated alkanes) is 1. The number of hydrogen-bond acceptors (Lipinski definition) is 7. The molecule has 1 heterocycles. The number of esters is 1. The first-order valence-corrected chi connectivity index (χ1v) is 12.3. The smallest absolute Gasteiger partial charge is 0.319 e. The van der Waals surface area contributed by atoms with Crippen molar-refractivity contribution < 1.29 is 14.3 Å². The summed E-state index contributed by atoms with van der Waals surface area (Å²) in [7, 11) is 1.38. The van der Waals surface area contributed by atoms with Crippen molar-refractivity contribution >= 4 is 51.7 Å². The second-order valence-electron chi connectivity index (χ2n) is 7.09. The summed E-state index contributed by atoms with van der Waals surface area (Å²) >= 11 is 8.35. The molecule has 0 saturated carbocycles. The summed E-state index contributed by atoms with van der Waals surface area (Å²) < 4.78 is 5.56. The maximum Gasteiger partial charge on any atom is 0.319 e.